The summed E-state index contributed by atoms with van der Waals surface area (Å²) < 4.78 is 5.12. The lowest BCUT2D eigenvalue weighted by Crippen LogP contribution is -2.37. The van der Waals surface area contributed by atoms with Crippen molar-refractivity contribution in [2.24, 2.45) is 0 Å². The average molecular weight is 257 g/mol. The van der Waals surface area contributed by atoms with Crippen LogP contribution in [0.4, 0.5) is 0 Å². The average Bonchev–Trinajstić information content (AvgIpc) is 2.35. The van der Waals surface area contributed by atoms with Gasteiger partial charge in [-0.1, -0.05) is 11.6 Å². The minimum Gasteiger partial charge on any atom is -0.496 e. The number of hydrogen-bond acceptors (Lipinski definition) is 3. The molecule has 0 fully saturated rings. The third kappa shape index (κ3) is 3.91. The standard InChI is InChI=1S/C12H17ClN2O2/c1-8(14-2)7-15-12(16)10-5-4-9(13)6-11(10)17-3/h4-6,8,14H,7H2,1-3H3,(H,15,16). The summed E-state index contributed by atoms with van der Waals surface area (Å²) in [4.78, 5) is 11.9. The molecule has 0 bridgehead atoms. The molecule has 1 rings (SSSR count). The Hall–Kier alpha value is -1.26. The van der Waals surface area contributed by atoms with Crippen LogP contribution in [0.25, 0.3) is 0 Å². The predicted octanol–water partition coefficient (Wildman–Crippen LogP) is 1.69. The van der Waals surface area contributed by atoms with Gasteiger partial charge in [0.15, 0.2) is 0 Å². The van der Waals surface area contributed by atoms with Crippen molar-refractivity contribution in [2.45, 2.75) is 13.0 Å². The highest BCUT2D eigenvalue weighted by Crippen LogP contribution is 2.22. The lowest BCUT2D eigenvalue weighted by Gasteiger charge is -2.13. The molecule has 1 aromatic rings. The van der Waals surface area contributed by atoms with E-state index in [2.05, 4.69) is 10.6 Å². The van der Waals surface area contributed by atoms with E-state index in [1.54, 1.807) is 18.2 Å². The summed E-state index contributed by atoms with van der Waals surface area (Å²) >= 11 is 5.83. The predicted molar refractivity (Wildman–Crippen MR) is 68.9 cm³/mol. The fraction of sp³-hybridized carbons (Fsp3) is 0.417. The largest absolute Gasteiger partial charge is 0.496 e. The van der Waals surface area contributed by atoms with E-state index in [-0.39, 0.29) is 11.9 Å². The molecule has 17 heavy (non-hydrogen) atoms. The Bertz CT molecular complexity index is 396. The topological polar surface area (TPSA) is 50.4 Å². The Labute approximate surface area is 106 Å². The van der Waals surface area contributed by atoms with Gasteiger partial charge in [-0.15, -0.1) is 0 Å². The molecule has 0 radical (unpaired) electrons. The third-order valence-electron chi connectivity index (χ3n) is 2.47. The number of benzene rings is 1. The maximum Gasteiger partial charge on any atom is 0.255 e. The molecule has 1 aromatic carbocycles. The molecule has 0 saturated carbocycles. The molecule has 0 aliphatic carbocycles. The van der Waals surface area contributed by atoms with Gasteiger partial charge in [0.2, 0.25) is 0 Å². The normalized spacial score (nSPS) is 12.0. The van der Waals surface area contributed by atoms with Crippen LogP contribution in [0.3, 0.4) is 0 Å². The number of carbonyl (C=O) groups is 1. The van der Waals surface area contributed by atoms with Crippen LogP contribution in [-0.4, -0.2) is 32.7 Å². The molecular formula is C12H17ClN2O2. The van der Waals surface area contributed by atoms with Crippen molar-refractivity contribution in [3.63, 3.8) is 0 Å². The van der Waals surface area contributed by atoms with Gasteiger partial charge in [0, 0.05) is 17.6 Å². The minimum absolute atomic E-state index is 0.166. The van der Waals surface area contributed by atoms with Crippen molar-refractivity contribution in [2.75, 3.05) is 20.7 Å². The molecule has 1 amide bonds. The minimum atomic E-state index is -0.166. The first-order chi connectivity index (χ1) is 8.08. The number of ether oxygens (including phenoxy) is 1. The Morgan fingerprint density at radius 2 is 2.24 bits per heavy atom. The number of amides is 1. The van der Waals surface area contributed by atoms with Gasteiger partial charge >= 0.3 is 0 Å². The molecule has 0 spiro atoms. The van der Waals surface area contributed by atoms with Crippen molar-refractivity contribution in [3.8, 4) is 5.75 Å². The maximum absolute atomic E-state index is 11.9. The monoisotopic (exact) mass is 256 g/mol. The quantitative estimate of drug-likeness (QED) is 0.843. The van der Waals surface area contributed by atoms with Crippen LogP contribution < -0.4 is 15.4 Å². The number of carbonyl (C=O) groups excluding carboxylic acids is 1. The first-order valence-electron chi connectivity index (χ1n) is 5.37. The smallest absolute Gasteiger partial charge is 0.255 e. The molecule has 0 aromatic heterocycles. The molecule has 5 heteroatoms. The molecule has 94 valence electrons. The lowest BCUT2D eigenvalue weighted by atomic mass is 10.2. The van der Waals surface area contributed by atoms with Gasteiger partial charge in [-0.25, -0.2) is 0 Å². The van der Waals surface area contributed by atoms with Crippen LogP contribution in [0.2, 0.25) is 5.02 Å². The van der Waals surface area contributed by atoms with E-state index in [4.69, 9.17) is 16.3 Å². The van der Waals surface area contributed by atoms with Gasteiger partial charge in [0.25, 0.3) is 5.91 Å². The second-order valence-corrected chi connectivity index (χ2v) is 4.18. The molecule has 1 unspecified atom stereocenters. The van der Waals surface area contributed by atoms with Crippen LogP contribution in [0.1, 0.15) is 17.3 Å². The summed E-state index contributed by atoms with van der Waals surface area (Å²) in [6.07, 6.45) is 0. The summed E-state index contributed by atoms with van der Waals surface area (Å²) in [5.74, 6) is 0.313. The van der Waals surface area contributed by atoms with Crippen LogP contribution in [-0.2, 0) is 0 Å². The van der Waals surface area contributed by atoms with Crippen molar-refractivity contribution in [1.82, 2.24) is 10.6 Å². The van der Waals surface area contributed by atoms with Crippen molar-refractivity contribution in [3.05, 3.63) is 28.8 Å². The van der Waals surface area contributed by atoms with Gasteiger partial charge in [-0.05, 0) is 32.2 Å². The number of halogens is 1. The first-order valence-corrected chi connectivity index (χ1v) is 5.75. The van der Waals surface area contributed by atoms with E-state index in [0.717, 1.165) is 0 Å². The number of methoxy groups -OCH3 is 1. The van der Waals surface area contributed by atoms with E-state index in [9.17, 15) is 4.79 Å². The molecule has 0 aliphatic rings. The van der Waals surface area contributed by atoms with Crippen molar-refractivity contribution >= 4 is 17.5 Å². The molecule has 0 heterocycles. The highest BCUT2D eigenvalue weighted by molar-refractivity contribution is 6.30. The zero-order chi connectivity index (χ0) is 12.8. The highest BCUT2D eigenvalue weighted by Gasteiger charge is 2.12. The second kappa shape index (κ2) is 6.47. The molecule has 4 nitrogen and oxygen atoms in total. The summed E-state index contributed by atoms with van der Waals surface area (Å²) in [7, 11) is 3.36. The second-order valence-electron chi connectivity index (χ2n) is 3.74. The molecule has 2 N–H and O–H groups in total. The number of hydrogen-bond donors (Lipinski definition) is 2. The summed E-state index contributed by atoms with van der Waals surface area (Å²) in [5.41, 5.74) is 0.486. The van der Waals surface area contributed by atoms with Gasteiger partial charge in [0.05, 0.1) is 12.7 Å². The Balaban J connectivity index is 2.75. The Morgan fingerprint density at radius 1 is 1.53 bits per heavy atom. The van der Waals surface area contributed by atoms with Crippen LogP contribution in [0.5, 0.6) is 5.75 Å². The number of likely N-dealkylation sites (N-methyl/N-ethyl adjacent to an activating group) is 1. The fourth-order valence-corrected chi connectivity index (χ4v) is 1.46. The van der Waals surface area contributed by atoms with E-state index in [0.29, 0.717) is 22.9 Å². The Kier molecular flexibility index (Phi) is 5.25. The van der Waals surface area contributed by atoms with Crippen LogP contribution in [0.15, 0.2) is 18.2 Å². The van der Waals surface area contributed by atoms with E-state index in [1.165, 1.54) is 7.11 Å². The summed E-state index contributed by atoms with van der Waals surface area (Å²) in [5, 5.41) is 6.41. The fourth-order valence-electron chi connectivity index (χ4n) is 1.30. The third-order valence-corrected chi connectivity index (χ3v) is 2.70. The van der Waals surface area contributed by atoms with Crippen molar-refractivity contribution in [1.29, 1.82) is 0 Å². The van der Waals surface area contributed by atoms with Crippen LogP contribution in [0, 0.1) is 0 Å². The van der Waals surface area contributed by atoms with Gasteiger partial charge in [0.1, 0.15) is 5.75 Å². The van der Waals surface area contributed by atoms with E-state index >= 15 is 0 Å². The number of nitrogens with one attached hydrogen (secondary N) is 2. The highest BCUT2D eigenvalue weighted by atomic mass is 35.5. The Morgan fingerprint density at radius 3 is 2.82 bits per heavy atom. The van der Waals surface area contributed by atoms with Crippen molar-refractivity contribution < 1.29 is 9.53 Å². The molecular weight excluding hydrogens is 240 g/mol. The molecule has 0 saturated heterocycles. The van der Waals surface area contributed by atoms with Gasteiger partial charge in [-0.2, -0.15) is 0 Å². The lowest BCUT2D eigenvalue weighted by molar-refractivity contribution is 0.0947. The zero-order valence-corrected chi connectivity index (χ0v) is 11.0. The number of rotatable bonds is 5. The molecule has 0 aliphatic heterocycles. The van der Waals surface area contributed by atoms with E-state index in [1.807, 2.05) is 14.0 Å². The summed E-state index contributed by atoms with van der Waals surface area (Å²) in [6, 6.07) is 5.16. The first kappa shape index (κ1) is 13.8. The SMILES string of the molecule is CNC(C)CNC(=O)c1ccc(Cl)cc1OC. The van der Waals surface area contributed by atoms with E-state index < -0.39 is 0 Å². The zero-order valence-electron chi connectivity index (χ0n) is 10.2. The summed E-state index contributed by atoms with van der Waals surface area (Å²) in [6.45, 7) is 2.54. The van der Waals surface area contributed by atoms with Gasteiger partial charge in [-0.3, -0.25) is 4.79 Å². The maximum atomic E-state index is 11.9. The van der Waals surface area contributed by atoms with Crippen LogP contribution >= 0.6 is 11.6 Å². The van der Waals surface area contributed by atoms with Gasteiger partial charge < -0.3 is 15.4 Å². The molecule has 1 atom stereocenters.